The number of fused-ring (bicyclic) bond motifs is 1. The quantitative estimate of drug-likeness (QED) is 0.712. The van der Waals surface area contributed by atoms with Gasteiger partial charge in [0.05, 0.1) is 31.5 Å². The molecular weight excluding hydrogens is 337 g/mol. The largest absolute Gasteiger partial charge is 0.496 e. The van der Waals surface area contributed by atoms with Crippen molar-refractivity contribution >= 4 is 5.69 Å². The molecule has 1 aliphatic heterocycles. The lowest BCUT2D eigenvalue weighted by atomic mass is 10.2. The maximum atomic E-state index is 13.5. The molecule has 1 aromatic heterocycles. The first kappa shape index (κ1) is 16.4. The fourth-order valence-electron chi connectivity index (χ4n) is 3.07. The first-order chi connectivity index (χ1) is 12.6. The minimum Gasteiger partial charge on any atom is -0.496 e. The molecule has 3 aromatic rings. The van der Waals surface area contributed by atoms with E-state index in [-0.39, 0.29) is 11.9 Å². The van der Waals surface area contributed by atoms with Gasteiger partial charge < -0.3 is 18.8 Å². The highest BCUT2D eigenvalue weighted by atomic mass is 19.1. The second kappa shape index (κ2) is 6.67. The average molecular weight is 355 g/mol. The molecule has 2 aromatic carbocycles. The van der Waals surface area contributed by atoms with Crippen molar-refractivity contribution in [2.45, 2.75) is 19.6 Å². The van der Waals surface area contributed by atoms with Crippen molar-refractivity contribution in [2.75, 3.05) is 18.6 Å². The summed E-state index contributed by atoms with van der Waals surface area (Å²) in [5.41, 5.74) is 1.55. The highest BCUT2D eigenvalue weighted by Gasteiger charge is 2.25. The zero-order valence-electron chi connectivity index (χ0n) is 14.5. The van der Waals surface area contributed by atoms with Crippen LogP contribution >= 0.6 is 0 Å². The Morgan fingerprint density at radius 2 is 2.08 bits per heavy atom. The number of rotatable bonds is 4. The number of nitrogens with zero attached hydrogens (tertiary/aromatic N) is 3. The molecule has 0 saturated heterocycles. The zero-order valence-corrected chi connectivity index (χ0v) is 14.5. The van der Waals surface area contributed by atoms with Gasteiger partial charge in [0, 0.05) is 6.07 Å². The maximum Gasteiger partial charge on any atom is 0.251 e. The number of anilines is 1. The summed E-state index contributed by atoms with van der Waals surface area (Å²) in [5.74, 6) is 1.74. The SMILES string of the molecule is COc1ccccc1-c1nnc(CN2C[C@@H](C)Oc3cc(F)ccc32)o1. The first-order valence-corrected chi connectivity index (χ1v) is 8.31. The van der Waals surface area contributed by atoms with Crippen molar-refractivity contribution in [3.63, 3.8) is 0 Å². The van der Waals surface area contributed by atoms with E-state index in [1.807, 2.05) is 36.1 Å². The van der Waals surface area contributed by atoms with Crippen LogP contribution in [-0.2, 0) is 6.54 Å². The fourth-order valence-corrected chi connectivity index (χ4v) is 3.07. The van der Waals surface area contributed by atoms with Gasteiger partial charge in [-0.3, -0.25) is 0 Å². The predicted octanol–water partition coefficient (Wildman–Crippen LogP) is 3.67. The Bertz CT molecular complexity index is 928. The molecule has 0 saturated carbocycles. The van der Waals surface area contributed by atoms with Crippen LogP contribution in [0.15, 0.2) is 46.9 Å². The molecule has 134 valence electrons. The van der Waals surface area contributed by atoms with Crippen LogP contribution in [0, 0.1) is 5.82 Å². The Balaban J connectivity index is 1.60. The molecule has 1 atom stereocenters. The van der Waals surface area contributed by atoms with Crippen LogP contribution in [0.2, 0.25) is 0 Å². The number of benzene rings is 2. The van der Waals surface area contributed by atoms with Crippen molar-refractivity contribution in [1.29, 1.82) is 0 Å². The molecule has 0 radical (unpaired) electrons. The summed E-state index contributed by atoms with van der Waals surface area (Å²) in [6.45, 7) is 2.99. The third kappa shape index (κ3) is 3.08. The van der Waals surface area contributed by atoms with Crippen molar-refractivity contribution in [3.8, 4) is 23.0 Å². The normalized spacial score (nSPS) is 16.1. The molecule has 0 fully saturated rings. The van der Waals surface area contributed by atoms with Gasteiger partial charge in [-0.25, -0.2) is 4.39 Å². The Labute approximate surface area is 150 Å². The zero-order chi connectivity index (χ0) is 18.1. The van der Waals surface area contributed by atoms with Crippen LogP contribution < -0.4 is 14.4 Å². The van der Waals surface area contributed by atoms with E-state index >= 15 is 0 Å². The molecule has 6 nitrogen and oxygen atoms in total. The van der Waals surface area contributed by atoms with Crippen LogP contribution in [0.3, 0.4) is 0 Å². The lowest BCUT2D eigenvalue weighted by Gasteiger charge is -2.34. The Morgan fingerprint density at radius 3 is 2.92 bits per heavy atom. The van der Waals surface area contributed by atoms with Gasteiger partial charge in [-0.05, 0) is 31.2 Å². The van der Waals surface area contributed by atoms with E-state index in [0.29, 0.717) is 36.4 Å². The van der Waals surface area contributed by atoms with E-state index in [0.717, 1.165) is 11.3 Å². The first-order valence-electron chi connectivity index (χ1n) is 8.31. The van der Waals surface area contributed by atoms with E-state index in [4.69, 9.17) is 13.9 Å². The van der Waals surface area contributed by atoms with E-state index in [1.165, 1.54) is 12.1 Å². The number of methoxy groups -OCH3 is 1. The van der Waals surface area contributed by atoms with Crippen LogP contribution in [0.25, 0.3) is 11.5 Å². The number of ether oxygens (including phenoxy) is 2. The summed E-state index contributed by atoms with van der Waals surface area (Å²) in [6.07, 6.45) is -0.0686. The minimum absolute atomic E-state index is 0.0686. The van der Waals surface area contributed by atoms with Gasteiger partial charge in [-0.15, -0.1) is 10.2 Å². The smallest absolute Gasteiger partial charge is 0.251 e. The molecule has 0 amide bonds. The molecule has 0 unspecified atom stereocenters. The standard InChI is InChI=1S/C19H18FN3O3/c1-12-10-23(15-8-7-13(20)9-17(15)25-12)11-18-21-22-19(26-18)14-5-3-4-6-16(14)24-2/h3-9,12H,10-11H2,1-2H3/t12-/m1/s1. The molecule has 7 heteroatoms. The van der Waals surface area contributed by atoms with Crippen molar-refractivity contribution < 1.29 is 18.3 Å². The van der Waals surface area contributed by atoms with Gasteiger partial charge >= 0.3 is 0 Å². The number of halogens is 1. The van der Waals surface area contributed by atoms with Crippen molar-refractivity contribution in [1.82, 2.24) is 10.2 Å². The summed E-state index contributed by atoms with van der Waals surface area (Å²) >= 11 is 0. The van der Waals surface area contributed by atoms with Gasteiger partial charge in [-0.2, -0.15) is 0 Å². The van der Waals surface area contributed by atoms with Gasteiger partial charge in [0.2, 0.25) is 5.89 Å². The molecule has 0 spiro atoms. The molecule has 26 heavy (non-hydrogen) atoms. The van der Waals surface area contributed by atoms with Crippen molar-refractivity contribution in [3.05, 3.63) is 54.2 Å². The highest BCUT2D eigenvalue weighted by molar-refractivity contribution is 5.62. The average Bonchev–Trinajstić information content (AvgIpc) is 3.09. The Morgan fingerprint density at radius 1 is 1.23 bits per heavy atom. The summed E-state index contributed by atoms with van der Waals surface area (Å²) in [5, 5.41) is 8.28. The van der Waals surface area contributed by atoms with Crippen LogP contribution in [0.1, 0.15) is 12.8 Å². The topological polar surface area (TPSA) is 60.6 Å². The summed E-state index contributed by atoms with van der Waals surface area (Å²) in [7, 11) is 1.60. The van der Waals surface area contributed by atoms with Crippen molar-refractivity contribution in [2.24, 2.45) is 0 Å². The van der Waals surface area contributed by atoms with E-state index in [2.05, 4.69) is 10.2 Å². The Kier molecular flexibility index (Phi) is 4.20. The fraction of sp³-hybridized carbons (Fsp3) is 0.263. The molecule has 0 aliphatic carbocycles. The third-order valence-electron chi connectivity index (χ3n) is 4.20. The van der Waals surface area contributed by atoms with E-state index in [9.17, 15) is 4.39 Å². The second-order valence-electron chi connectivity index (χ2n) is 6.12. The second-order valence-corrected chi connectivity index (χ2v) is 6.12. The third-order valence-corrected chi connectivity index (χ3v) is 4.20. The number of aromatic nitrogens is 2. The van der Waals surface area contributed by atoms with Gasteiger partial charge in [0.1, 0.15) is 23.4 Å². The summed E-state index contributed by atoms with van der Waals surface area (Å²) in [6, 6.07) is 12.0. The number of hydrogen-bond acceptors (Lipinski definition) is 6. The minimum atomic E-state index is -0.325. The monoisotopic (exact) mass is 355 g/mol. The van der Waals surface area contributed by atoms with Gasteiger partial charge in [-0.1, -0.05) is 12.1 Å². The molecule has 0 bridgehead atoms. The highest BCUT2D eigenvalue weighted by Crippen LogP contribution is 2.35. The van der Waals surface area contributed by atoms with Crippen LogP contribution in [0.4, 0.5) is 10.1 Å². The molecular formula is C19H18FN3O3. The molecule has 0 N–H and O–H groups in total. The molecule has 4 rings (SSSR count). The number of hydrogen-bond donors (Lipinski definition) is 0. The lowest BCUT2D eigenvalue weighted by molar-refractivity contribution is 0.210. The maximum absolute atomic E-state index is 13.5. The lowest BCUT2D eigenvalue weighted by Crippen LogP contribution is -2.38. The van der Waals surface area contributed by atoms with Crippen LogP contribution in [-0.4, -0.2) is 30.0 Å². The van der Waals surface area contributed by atoms with E-state index < -0.39 is 0 Å². The van der Waals surface area contributed by atoms with Gasteiger partial charge in [0.25, 0.3) is 5.89 Å². The predicted molar refractivity (Wildman–Crippen MR) is 93.8 cm³/mol. The van der Waals surface area contributed by atoms with Gasteiger partial charge in [0.15, 0.2) is 0 Å². The van der Waals surface area contributed by atoms with E-state index in [1.54, 1.807) is 13.2 Å². The summed E-state index contributed by atoms with van der Waals surface area (Å²) in [4.78, 5) is 2.04. The molecule has 2 heterocycles. The van der Waals surface area contributed by atoms with Crippen LogP contribution in [0.5, 0.6) is 11.5 Å². The molecule has 1 aliphatic rings. The summed E-state index contributed by atoms with van der Waals surface area (Å²) < 4.78 is 30.4. The Hall–Kier alpha value is -3.09. The number of para-hydroxylation sites is 1.